The van der Waals surface area contributed by atoms with Crippen LogP contribution in [-0.2, 0) is 11.2 Å². The Morgan fingerprint density at radius 3 is 2.83 bits per heavy atom. The van der Waals surface area contributed by atoms with Crippen molar-refractivity contribution in [3.8, 4) is 0 Å². The van der Waals surface area contributed by atoms with Crippen molar-refractivity contribution in [1.29, 1.82) is 0 Å². The van der Waals surface area contributed by atoms with Gasteiger partial charge in [-0.05, 0) is 25.8 Å². The number of carboxylic acids is 1. The first-order valence-electron chi connectivity index (χ1n) is 5.69. The first kappa shape index (κ1) is 12.8. The molecule has 18 heavy (non-hydrogen) atoms. The number of carboxylic acid groups (broad SMARTS) is 1. The van der Waals surface area contributed by atoms with Crippen molar-refractivity contribution in [2.24, 2.45) is 0 Å². The average Bonchev–Trinajstić information content (AvgIpc) is 2.65. The normalized spacial score (nSPS) is 12.8. The molecule has 1 unspecified atom stereocenters. The Balaban J connectivity index is 2.78. The molecule has 2 heterocycles. The van der Waals surface area contributed by atoms with E-state index in [2.05, 4.69) is 4.98 Å². The molecule has 0 aliphatic carbocycles. The molecule has 0 fully saturated rings. The molecule has 0 saturated carbocycles. The number of aromatic nitrogens is 2. The van der Waals surface area contributed by atoms with Crippen LogP contribution in [-0.4, -0.2) is 20.6 Å². The van der Waals surface area contributed by atoms with E-state index in [4.69, 9.17) is 5.11 Å². The highest BCUT2D eigenvalue weighted by molar-refractivity contribution is 7.18. The Morgan fingerprint density at radius 2 is 2.28 bits per heavy atom. The second-order valence-corrected chi connectivity index (χ2v) is 5.34. The molecule has 0 bridgehead atoms. The van der Waals surface area contributed by atoms with Gasteiger partial charge >= 0.3 is 5.97 Å². The molecule has 2 aromatic rings. The quantitative estimate of drug-likeness (QED) is 0.922. The van der Waals surface area contributed by atoms with Gasteiger partial charge in [0.15, 0.2) is 0 Å². The maximum atomic E-state index is 12.3. The highest BCUT2D eigenvalue weighted by Crippen LogP contribution is 2.27. The molecule has 0 spiro atoms. The lowest BCUT2D eigenvalue weighted by Gasteiger charge is -2.09. The summed E-state index contributed by atoms with van der Waals surface area (Å²) in [5.41, 5.74) is 0.704. The Morgan fingerprint density at radius 1 is 1.61 bits per heavy atom. The number of nitrogens with zero attached hydrogens (tertiary/aromatic N) is 2. The van der Waals surface area contributed by atoms with Crippen LogP contribution in [0, 0.1) is 6.92 Å². The van der Waals surface area contributed by atoms with Crippen molar-refractivity contribution in [2.45, 2.75) is 33.2 Å². The molecule has 0 amide bonds. The van der Waals surface area contributed by atoms with Gasteiger partial charge in [0, 0.05) is 4.88 Å². The number of hydrogen-bond donors (Lipinski definition) is 1. The molecular formula is C12H14N2O3S. The van der Waals surface area contributed by atoms with Crippen molar-refractivity contribution >= 4 is 27.5 Å². The fourth-order valence-corrected chi connectivity index (χ4v) is 3.06. The molecule has 1 N–H and O–H groups in total. The monoisotopic (exact) mass is 266 g/mol. The summed E-state index contributed by atoms with van der Waals surface area (Å²) in [6, 6.07) is -0.903. The number of hydrogen-bond acceptors (Lipinski definition) is 4. The average molecular weight is 266 g/mol. The zero-order valence-electron chi connectivity index (χ0n) is 10.4. The molecule has 0 aliphatic heterocycles. The summed E-state index contributed by atoms with van der Waals surface area (Å²) in [4.78, 5) is 29.2. The number of carbonyl (C=O) groups is 1. The fraction of sp³-hybridized carbons (Fsp3) is 0.417. The van der Waals surface area contributed by atoms with Crippen LogP contribution >= 0.6 is 11.3 Å². The van der Waals surface area contributed by atoms with Crippen LogP contribution in [0.25, 0.3) is 10.2 Å². The summed E-state index contributed by atoms with van der Waals surface area (Å²) in [5.74, 6) is -1.04. The van der Waals surface area contributed by atoms with Gasteiger partial charge in [-0.1, -0.05) is 6.92 Å². The zero-order valence-corrected chi connectivity index (χ0v) is 11.2. The summed E-state index contributed by atoms with van der Waals surface area (Å²) in [5, 5.41) is 9.54. The molecule has 96 valence electrons. The molecule has 0 aromatic carbocycles. The van der Waals surface area contributed by atoms with Crippen LogP contribution in [0.2, 0.25) is 0 Å². The molecule has 5 nitrogen and oxygen atoms in total. The van der Waals surface area contributed by atoms with E-state index < -0.39 is 12.0 Å². The minimum absolute atomic E-state index is 0.267. The van der Waals surface area contributed by atoms with Gasteiger partial charge in [-0.2, -0.15) is 0 Å². The predicted octanol–water partition coefficient (Wildman–Crippen LogP) is 1.97. The van der Waals surface area contributed by atoms with E-state index in [0.29, 0.717) is 10.2 Å². The van der Waals surface area contributed by atoms with Gasteiger partial charge in [0.25, 0.3) is 5.56 Å². The Hall–Kier alpha value is -1.69. The molecule has 2 aromatic heterocycles. The third-order valence-electron chi connectivity index (χ3n) is 3.07. The molecule has 0 aliphatic rings. The molecular weight excluding hydrogens is 252 g/mol. The third-order valence-corrected chi connectivity index (χ3v) is 4.12. The van der Waals surface area contributed by atoms with Crippen LogP contribution in [0.15, 0.2) is 11.1 Å². The van der Waals surface area contributed by atoms with E-state index in [1.54, 1.807) is 0 Å². The topological polar surface area (TPSA) is 72.2 Å². The first-order valence-corrected chi connectivity index (χ1v) is 6.51. The Bertz CT molecular complexity index is 672. The Kier molecular flexibility index (Phi) is 3.21. The van der Waals surface area contributed by atoms with E-state index in [9.17, 15) is 9.59 Å². The van der Waals surface area contributed by atoms with Crippen molar-refractivity contribution in [2.75, 3.05) is 0 Å². The van der Waals surface area contributed by atoms with Gasteiger partial charge in [-0.3, -0.25) is 9.36 Å². The SMILES string of the molecule is CCc1c(C)sc2ncn(C(C)C(=O)O)c(=O)c12. The van der Waals surface area contributed by atoms with Gasteiger partial charge in [0.1, 0.15) is 10.9 Å². The van der Waals surface area contributed by atoms with Gasteiger partial charge in [0.05, 0.1) is 11.7 Å². The summed E-state index contributed by atoms with van der Waals surface area (Å²) in [6.07, 6.45) is 2.06. The van der Waals surface area contributed by atoms with Gasteiger partial charge in [0.2, 0.25) is 0 Å². The number of fused-ring (bicyclic) bond motifs is 1. The van der Waals surface area contributed by atoms with Crippen LogP contribution in [0.4, 0.5) is 0 Å². The van der Waals surface area contributed by atoms with E-state index >= 15 is 0 Å². The van der Waals surface area contributed by atoms with E-state index in [1.807, 2.05) is 13.8 Å². The maximum absolute atomic E-state index is 12.3. The van der Waals surface area contributed by atoms with Crippen molar-refractivity contribution in [3.05, 3.63) is 27.1 Å². The van der Waals surface area contributed by atoms with E-state index in [-0.39, 0.29) is 5.56 Å². The summed E-state index contributed by atoms with van der Waals surface area (Å²) in [7, 11) is 0. The second-order valence-electron chi connectivity index (χ2n) is 4.14. The van der Waals surface area contributed by atoms with Crippen molar-refractivity contribution in [1.82, 2.24) is 9.55 Å². The second kappa shape index (κ2) is 4.53. The first-order chi connectivity index (χ1) is 8.47. The summed E-state index contributed by atoms with van der Waals surface area (Å²) >= 11 is 1.47. The van der Waals surface area contributed by atoms with Gasteiger partial charge in [-0.25, -0.2) is 9.78 Å². The number of aryl methyl sites for hydroxylation is 2. The van der Waals surface area contributed by atoms with E-state index in [0.717, 1.165) is 16.9 Å². The Labute approximate surface area is 108 Å². The summed E-state index contributed by atoms with van der Waals surface area (Å²) < 4.78 is 1.18. The van der Waals surface area contributed by atoms with Crippen molar-refractivity contribution < 1.29 is 9.90 Å². The minimum atomic E-state index is -1.04. The number of aliphatic carboxylic acids is 1. The van der Waals surface area contributed by atoms with Crippen LogP contribution in [0.1, 0.15) is 30.3 Å². The lowest BCUT2D eigenvalue weighted by Crippen LogP contribution is -2.28. The van der Waals surface area contributed by atoms with Crippen molar-refractivity contribution in [3.63, 3.8) is 0 Å². The number of thiophene rings is 1. The largest absolute Gasteiger partial charge is 0.480 e. The minimum Gasteiger partial charge on any atom is -0.480 e. The smallest absolute Gasteiger partial charge is 0.326 e. The maximum Gasteiger partial charge on any atom is 0.326 e. The lowest BCUT2D eigenvalue weighted by atomic mass is 10.1. The molecule has 1 atom stereocenters. The lowest BCUT2D eigenvalue weighted by molar-refractivity contribution is -0.140. The van der Waals surface area contributed by atoms with Gasteiger partial charge < -0.3 is 5.11 Å². The molecule has 2 rings (SSSR count). The number of rotatable bonds is 3. The third kappa shape index (κ3) is 1.82. The zero-order chi connectivity index (χ0) is 13.4. The predicted molar refractivity (Wildman–Crippen MR) is 70.3 cm³/mol. The molecule has 0 radical (unpaired) electrons. The highest BCUT2D eigenvalue weighted by Gasteiger charge is 2.19. The summed E-state index contributed by atoms with van der Waals surface area (Å²) in [6.45, 7) is 5.41. The van der Waals surface area contributed by atoms with Crippen LogP contribution in [0.3, 0.4) is 0 Å². The standard InChI is InChI=1S/C12H14N2O3S/c1-4-8-7(3)18-10-9(8)11(15)14(5-13-10)6(2)12(16)17/h5-6H,4H2,1-3H3,(H,16,17). The van der Waals surface area contributed by atoms with E-state index in [1.165, 1.54) is 29.2 Å². The molecule has 6 heteroatoms. The van der Waals surface area contributed by atoms with Crippen LogP contribution < -0.4 is 5.56 Å². The molecule has 0 saturated heterocycles. The van der Waals surface area contributed by atoms with Gasteiger partial charge in [-0.15, -0.1) is 11.3 Å². The van der Waals surface area contributed by atoms with Crippen LogP contribution in [0.5, 0.6) is 0 Å². The fourth-order valence-electron chi connectivity index (χ4n) is 1.99. The highest BCUT2D eigenvalue weighted by atomic mass is 32.1.